The molecule has 1 saturated heterocycles. The molecule has 1 N–H and O–H groups in total. The van der Waals surface area contributed by atoms with Crippen LogP contribution in [-0.2, 0) is 0 Å². The molecule has 0 radical (unpaired) electrons. The van der Waals surface area contributed by atoms with Gasteiger partial charge in [-0.15, -0.1) is 0 Å². The van der Waals surface area contributed by atoms with Crippen LogP contribution in [0.2, 0.25) is 10.0 Å². The number of amides is 2. The van der Waals surface area contributed by atoms with Crippen LogP contribution in [0, 0.1) is 6.92 Å². The van der Waals surface area contributed by atoms with Crippen molar-refractivity contribution in [3.8, 4) is 11.5 Å². The van der Waals surface area contributed by atoms with Gasteiger partial charge >= 0.3 is 6.03 Å². The quantitative estimate of drug-likeness (QED) is 0.795. The zero-order valence-electron chi connectivity index (χ0n) is 16.5. The summed E-state index contributed by atoms with van der Waals surface area (Å²) in [5, 5.41) is 7.48. The van der Waals surface area contributed by atoms with E-state index in [0.29, 0.717) is 27.3 Å². The van der Waals surface area contributed by atoms with Crippen molar-refractivity contribution in [2.75, 3.05) is 27.2 Å². The fourth-order valence-corrected chi connectivity index (χ4v) is 3.96. The topological polar surface area (TPSA) is 74.5 Å². The van der Waals surface area contributed by atoms with Crippen molar-refractivity contribution in [2.24, 2.45) is 0 Å². The lowest BCUT2D eigenvalue weighted by molar-refractivity contribution is 0.146. The number of halogens is 2. The number of urea groups is 1. The smallest absolute Gasteiger partial charge is 0.317 e. The Hall–Kier alpha value is -1.83. The van der Waals surface area contributed by atoms with Gasteiger partial charge < -0.3 is 19.6 Å². The molecule has 7 nitrogen and oxygen atoms in total. The molecule has 0 saturated carbocycles. The number of rotatable bonds is 4. The molecule has 1 atom stereocenters. The van der Waals surface area contributed by atoms with Gasteiger partial charge in [-0.2, -0.15) is 4.98 Å². The molecule has 0 spiro atoms. The zero-order chi connectivity index (χ0) is 20.4. The van der Waals surface area contributed by atoms with Crippen molar-refractivity contribution < 1.29 is 9.32 Å². The zero-order valence-corrected chi connectivity index (χ0v) is 18.0. The minimum absolute atomic E-state index is 0.120. The van der Waals surface area contributed by atoms with Crippen molar-refractivity contribution >= 4 is 29.2 Å². The highest BCUT2D eigenvalue weighted by Gasteiger charge is 2.26. The molecule has 2 aromatic rings. The molecule has 2 amide bonds. The molecule has 3 rings (SSSR count). The molecule has 2 heterocycles. The van der Waals surface area contributed by atoms with E-state index in [1.54, 1.807) is 17.9 Å². The first-order valence-corrected chi connectivity index (χ1v) is 10.0. The fourth-order valence-electron chi connectivity index (χ4n) is 3.38. The second kappa shape index (κ2) is 8.68. The lowest BCUT2D eigenvalue weighted by Gasteiger charge is -2.35. The predicted octanol–water partition coefficient (Wildman–Crippen LogP) is 4.15. The Morgan fingerprint density at radius 1 is 1.32 bits per heavy atom. The van der Waals surface area contributed by atoms with E-state index < -0.39 is 0 Å². The van der Waals surface area contributed by atoms with E-state index >= 15 is 0 Å². The summed E-state index contributed by atoms with van der Waals surface area (Å²) in [6.07, 6.45) is 1.94. The van der Waals surface area contributed by atoms with Gasteiger partial charge in [0, 0.05) is 13.1 Å². The van der Waals surface area contributed by atoms with Gasteiger partial charge in [-0.05, 0) is 58.5 Å². The van der Waals surface area contributed by atoms with Gasteiger partial charge in [-0.1, -0.05) is 34.4 Å². The number of piperidine rings is 1. The van der Waals surface area contributed by atoms with Crippen LogP contribution in [-0.4, -0.2) is 59.2 Å². The van der Waals surface area contributed by atoms with Crippen LogP contribution in [0.25, 0.3) is 11.5 Å². The molecule has 0 aliphatic carbocycles. The summed E-state index contributed by atoms with van der Waals surface area (Å²) in [7, 11) is 3.94. The van der Waals surface area contributed by atoms with Gasteiger partial charge in [-0.3, -0.25) is 0 Å². The highest BCUT2D eigenvalue weighted by atomic mass is 35.5. The van der Waals surface area contributed by atoms with Gasteiger partial charge in [0.15, 0.2) is 5.82 Å². The first kappa shape index (κ1) is 20.9. The number of carbonyl (C=O) groups excluding carboxylic acids is 1. The van der Waals surface area contributed by atoms with Crippen LogP contribution in [0.1, 0.15) is 37.2 Å². The Morgan fingerprint density at radius 2 is 2.00 bits per heavy atom. The number of benzene rings is 1. The number of carbonyl (C=O) groups is 1. The molecule has 1 aromatic heterocycles. The molecule has 1 aromatic carbocycles. The summed E-state index contributed by atoms with van der Waals surface area (Å²) in [5.74, 6) is 0.832. The van der Waals surface area contributed by atoms with Crippen LogP contribution in [0.3, 0.4) is 0 Å². The molecule has 1 aliphatic heterocycles. The molecular weight excluding hydrogens is 401 g/mol. The van der Waals surface area contributed by atoms with E-state index in [2.05, 4.69) is 27.4 Å². The summed E-state index contributed by atoms with van der Waals surface area (Å²) in [6.45, 7) is 5.61. The highest BCUT2D eigenvalue weighted by Crippen LogP contribution is 2.37. The van der Waals surface area contributed by atoms with Crippen molar-refractivity contribution in [3.63, 3.8) is 0 Å². The molecule has 28 heavy (non-hydrogen) atoms. The van der Waals surface area contributed by atoms with Crippen molar-refractivity contribution in [1.29, 1.82) is 0 Å². The van der Waals surface area contributed by atoms with Crippen LogP contribution < -0.4 is 5.32 Å². The van der Waals surface area contributed by atoms with E-state index in [0.717, 1.165) is 31.5 Å². The van der Waals surface area contributed by atoms with E-state index in [-0.39, 0.29) is 18.1 Å². The fraction of sp³-hybridized carbons (Fsp3) is 0.526. The normalized spacial score (nSPS) is 16.8. The average molecular weight is 426 g/mol. The number of nitrogens with zero attached hydrogens (tertiary/aromatic N) is 4. The molecule has 1 fully saturated rings. The summed E-state index contributed by atoms with van der Waals surface area (Å²) in [5.41, 5.74) is 1.30. The maximum absolute atomic E-state index is 12.7. The van der Waals surface area contributed by atoms with Gasteiger partial charge in [-0.25, -0.2) is 4.79 Å². The van der Waals surface area contributed by atoms with E-state index in [4.69, 9.17) is 27.7 Å². The summed E-state index contributed by atoms with van der Waals surface area (Å²) < 4.78 is 5.17. The summed E-state index contributed by atoms with van der Waals surface area (Å²) in [4.78, 5) is 20.9. The van der Waals surface area contributed by atoms with E-state index in [1.165, 1.54) is 0 Å². The average Bonchev–Trinajstić information content (AvgIpc) is 3.09. The molecular formula is C19H25Cl2N5O2. The van der Waals surface area contributed by atoms with Gasteiger partial charge in [0.2, 0.25) is 0 Å². The summed E-state index contributed by atoms with van der Waals surface area (Å²) in [6, 6.07) is 3.42. The van der Waals surface area contributed by atoms with Crippen LogP contribution in [0.15, 0.2) is 16.7 Å². The molecule has 1 aliphatic rings. The number of nitrogens with one attached hydrogen (secondary N) is 1. The minimum Gasteiger partial charge on any atom is -0.334 e. The number of hydrogen-bond acceptors (Lipinski definition) is 5. The number of likely N-dealkylation sites (tertiary alicyclic amines) is 1. The summed E-state index contributed by atoms with van der Waals surface area (Å²) >= 11 is 12.9. The third-order valence-electron chi connectivity index (χ3n) is 5.23. The van der Waals surface area contributed by atoms with Gasteiger partial charge in [0.05, 0.1) is 21.7 Å². The van der Waals surface area contributed by atoms with Crippen molar-refractivity contribution in [2.45, 2.75) is 38.8 Å². The first-order valence-electron chi connectivity index (χ1n) is 9.28. The van der Waals surface area contributed by atoms with Crippen molar-refractivity contribution in [1.82, 2.24) is 25.3 Å². The standard InChI is InChI=1S/C19H25Cl2N5O2/c1-11(22-19(27)26(4)13-7-9-25(3)10-8-13)14-5-6-15(17(21)16(14)20)18-23-12(2)24-28-18/h5-6,11,13H,7-10H2,1-4H3,(H,22,27). The Kier molecular flexibility index (Phi) is 6.47. The monoisotopic (exact) mass is 425 g/mol. The third-order valence-corrected chi connectivity index (χ3v) is 6.13. The SMILES string of the molecule is Cc1noc(-c2ccc(C(C)NC(=O)N(C)C3CCN(C)CC3)c(Cl)c2Cl)n1. The van der Waals surface area contributed by atoms with Crippen LogP contribution in [0.4, 0.5) is 4.79 Å². The molecule has 0 bridgehead atoms. The lowest BCUT2D eigenvalue weighted by atomic mass is 10.0. The number of hydrogen-bond donors (Lipinski definition) is 1. The maximum Gasteiger partial charge on any atom is 0.317 e. The van der Waals surface area contributed by atoms with E-state index in [9.17, 15) is 4.79 Å². The molecule has 9 heteroatoms. The lowest BCUT2D eigenvalue weighted by Crippen LogP contribution is -2.48. The molecule has 152 valence electrons. The number of aromatic nitrogens is 2. The highest BCUT2D eigenvalue weighted by molar-refractivity contribution is 6.44. The number of aryl methyl sites for hydroxylation is 1. The van der Waals surface area contributed by atoms with Crippen molar-refractivity contribution in [3.05, 3.63) is 33.6 Å². The second-order valence-electron chi connectivity index (χ2n) is 7.29. The van der Waals surface area contributed by atoms with Gasteiger partial charge in [0.1, 0.15) is 0 Å². The maximum atomic E-state index is 12.7. The Balaban J connectivity index is 1.71. The minimum atomic E-state index is -0.301. The van der Waals surface area contributed by atoms with Crippen LogP contribution >= 0.6 is 23.2 Å². The van der Waals surface area contributed by atoms with E-state index in [1.807, 2.05) is 20.0 Å². The predicted molar refractivity (Wildman–Crippen MR) is 110 cm³/mol. The first-order chi connectivity index (χ1) is 13.3. The third kappa shape index (κ3) is 4.42. The van der Waals surface area contributed by atoms with Gasteiger partial charge in [0.25, 0.3) is 5.89 Å². The molecule has 1 unspecified atom stereocenters. The Bertz CT molecular complexity index is 849. The second-order valence-corrected chi connectivity index (χ2v) is 8.05. The Labute approximate surface area is 175 Å². The largest absolute Gasteiger partial charge is 0.334 e. The Morgan fingerprint density at radius 3 is 2.61 bits per heavy atom. The van der Waals surface area contributed by atoms with Crippen LogP contribution in [0.5, 0.6) is 0 Å².